The summed E-state index contributed by atoms with van der Waals surface area (Å²) in [6.45, 7) is 5.49. The molecule has 0 saturated carbocycles. The zero-order valence-electron chi connectivity index (χ0n) is 39.6. The minimum atomic E-state index is -0.585. The van der Waals surface area contributed by atoms with Gasteiger partial charge in [0.05, 0.1) is 51.7 Å². The number of rotatable bonds is 23. The van der Waals surface area contributed by atoms with Gasteiger partial charge in [-0.25, -0.2) is 14.4 Å². The second-order valence-electron chi connectivity index (χ2n) is 18.1. The number of urea groups is 1. The number of carbonyl (C=O) groups excluding carboxylic acids is 5. The molecule has 0 aliphatic carbocycles. The molecule has 0 aromatic heterocycles. The molecule has 3 fully saturated rings. The monoisotopic (exact) mass is 1080 g/mol. The summed E-state index contributed by atoms with van der Waals surface area (Å²) in [7, 11) is 0. The number of ketones is 1. The number of aliphatic imine (C=N–C) groups is 1. The van der Waals surface area contributed by atoms with E-state index in [0.717, 1.165) is 69.8 Å². The van der Waals surface area contributed by atoms with Gasteiger partial charge in [-0.05, 0) is 55.0 Å². The number of hydrogen-bond acceptors (Lipinski definition) is 14. The van der Waals surface area contributed by atoms with Crippen molar-refractivity contribution in [2.75, 3.05) is 84.7 Å². The van der Waals surface area contributed by atoms with Crippen LogP contribution < -0.4 is 21.3 Å². The van der Waals surface area contributed by atoms with Gasteiger partial charge in [-0.15, -0.1) is 0 Å². The van der Waals surface area contributed by atoms with E-state index in [1.165, 1.54) is 11.8 Å². The normalized spacial score (nSPS) is 19.7. The molecule has 5 heterocycles. The molecule has 71 heavy (non-hydrogen) atoms. The van der Waals surface area contributed by atoms with E-state index in [1.807, 2.05) is 28.8 Å². The van der Waals surface area contributed by atoms with Crippen LogP contribution in [0, 0.1) is 10.8 Å². The Morgan fingerprint density at radius 2 is 1.46 bits per heavy atom. The molecule has 1 spiro atoms. The molecule has 3 atom stereocenters. The zero-order valence-corrected chi connectivity index (χ0v) is 42.8. The third kappa shape index (κ3) is 14.5. The SMILES string of the molecule is N=C1Sc2cc(Br)ccc2C2=NCC3(CCN(C(=O)OCc4ccc(C(=O)c5ccc(COC(=O)NCCOCCOCCOCCNC(=O)CCCC[C@@H]6SC[C@@H]7NC(=O)N[C@@H]76)cc5)cc4)CC3)CN12. The highest BCUT2D eigenvalue weighted by atomic mass is 79.9. The maximum atomic E-state index is 13.2. The van der Waals surface area contributed by atoms with Gasteiger partial charge in [0.2, 0.25) is 5.91 Å². The lowest BCUT2D eigenvalue weighted by Crippen LogP contribution is -2.55. The van der Waals surface area contributed by atoms with Crippen LogP contribution >= 0.6 is 39.5 Å². The molecule has 5 aliphatic heterocycles. The van der Waals surface area contributed by atoms with Crippen LogP contribution in [0.5, 0.6) is 0 Å². The number of nitrogens with zero attached hydrogens (tertiary/aromatic N) is 3. The maximum absolute atomic E-state index is 13.2. The number of halogens is 1. The smallest absolute Gasteiger partial charge is 0.410 e. The minimum Gasteiger partial charge on any atom is -0.445 e. The fourth-order valence-electron chi connectivity index (χ4n) is 9.09. The fraction of sp³-hybridized carbons (Fsp3) is 0.500. The molecule has 3 aromatic carbocycles. The summed E-state index contributed by atoms with van der Waals surface area (Å²) >= 11 is 6.86. The van der Waals surface area contributed by atoms with Crippen LogP contribution in [0.4, 0.5) is 14.4 Å². The number of carbonyl (C=O) groups is 5. The summed E-state index contributed by atoms with van der Waals surface area (Å²) < 4.78 is 28.5. The second kappa shape index (κ2) is 25.5. The van der Waals surface area contributed by atoms with E-state index in [-0.39, 0.29) is 67.7 Å². The highest BCUT2D eigenvalue weighted by Crippen LogP contribution is 2.42. The molecule has 8 rings (SSSR count). The number of unbranched alkanes of at least 4 members (excludes halogenated alkanes) is 1. The number of amides is 5. The van der Waals surface area contributed by atoms with Crippen molar-refractivity contribution in [1.29, 1.82) is 5.41 Å². The van der Waals surface area contributed by atoms with Crippen molar-refractivity contribution < 1.29 is 47.7 Å². The number of nitrogens with one attached hydrogen (secondary N) is 5. The van der Waals surface area contributed by atoms with Crippen LogP contribution in [0.1, 0.15) is 71.1 Å². The first-order valence-corrected chi connectivity index (χ1v) is 26.8. The van der Waals surface area contributed by atoms with E-state index < -0.39 is 6.09 Å². The molecule has 21 heteroatoms. The van der Waals surface area contributed by atoms with E-state index in [2.05, 4.69) is 43.3 Å². The standard InChI is InChI=1S/C50H61BrN8O10S2/c51-37-13-14-38-41(27-37)71-46(52)59-32-50(31-55-45(38)59)15-19-58(20-16-50)49(64)69-29-34-7-11-36(12-8-34)44(61)35-9-5-33(6-10-35)28-68-48(63)54-18-22-66-24-26-67-25-23-65-21-17-53-42(60)4-2-1-3-40-43-39(30-70-40)56-47(62)57-43/h5-14,27,39-40,43,52H,1-4,15-26,28-32H2,(H,53,60)(H,54,63)(H2,56,57,62)/t39-,40-,43-/m0/s1. The van der Waals surface area contributed by atoms with Crippen LogP contribution in [0.2, 0.25) is 0 Å². The van der Waals surface area contributed by atoms with Gasteiger partial charge in [0.1, 0.15) is 19.0 Å². The summed E-state index contributed by atoms with van der Waals surface area (Å²) in [5.41, 5.74) is 3.42. The van der Waals surface area contributed by atoms with Gasteiger partial charge in [-0.2, -0.15) is 11.8 Å². The van der Waals surface area contributed by atoms with Crippen molar-refractivity contribution in [2.24, 2.45) is 10.4 Å². The molecule has 0 bridgehead atoms. The largest absolute Gasteiger partial charge is 0.445 e. The van der Waals surface area contributed by atoms with Crippen molar-refractivity contribution in [3.8, 4) is 0 Å². The lowest BCUT2D eigenvalue weighted by Gasteiger charge is -2.47. The Morgan fingerprint density at radius 1 is 0.817 bits per heavy atom. The third-order valence-corrected chi connectivity index (χ3v) is 16.1. The molecular weight excluding hydrogens is 1020 g/mol. The number of hydrogen-bond donors (Lipinski definition) is 5. The van der Waals surface area contributed by atoms with E-state index >= 15 is 0 Å². The van der Waals surface area contributed by atoms with E-state index in [1.54, 1.807) is 53.4 Å². The number of amidine groups is 2. The molecule has 0 radical (unpaired) electrons. The number of thioether (sulfide) groups is 2. The lowest BCUT2D eigenvalue weighted by atomic mass is 9.77. The number of likely N-dealkylation sites (tertiary alicyclic amines) is 1. The van der Waals surface area contributed by atoms with Gasteiger partial charge in [-0.1, -0.05) is 82.6 Å². The molecule has 3 aromatic rings. The van der Waals surface area contributed by atoms with Crippen LogP contribution in [0.3, 0.4) is 0 Å². The van der Waals surface area contributed by atoms with E-state index in [0.29, 0.717) is 93.7 Å². The topological polar surface area (TPSA) is 222 Å². The van der Waals surface area contributed by atoms with Crippen LogP contribution in [0.25, 0.3) is 0 Å². The molecule has 0 unspecified atom stereocenters. The van der Waals surface area contributed by atoms with Crippen molar-refractivity contribution in [3.63, 3.8) is 0 Å². The number of piperidine rings is 1. The molecule has 5 N–H and O–H groups in total. The average molecular weight is 1080 g/mol. The first-order valence-electron chi connectivity index (χ1n) is 24.1. The Hall–Kier alpha value is -5.19. The van der Waals surface area contributed by atoms with E-state index in [4.69, 9.17) is 34.1 Å². The van der Waals surface area contributed by atoms with Crippen LogP contribution in [-0.2, 0) is 41.7 Å². The summed E-state index contributed by atoms with van der Waals surface area (Å²) in [4.78, 5) is 71.9. The number of benzene rings is 3. The molecule has 380 valence electrons. The number of ether oxygens (including phenoxy) is 5. The Morgan fingerprint density at radius 3 is 2.15 bits per heavy atom. The first kappa shape index (κ1) is 52.1. The fourth-order valence-corrected chi connectivity index (χ4v) is 12.1. The van der Waals surface area contributed by atoms with Gasteiger partial charge in [-0.3, -0.25) is 20.0 Å². The van der Waals surface area contributed by atoms with Gasteiger partial charge < -0.3 is 54.8 Å². The summed E-state index contributed by atoms with van der Waals surface area (Å²) in [5, 5.41) is 21.1. The molecule has 5 amide bonds. The quantitative estimate of drug-likeness (QED) is 0.0399. The Balaban J connectivity index is 0.615. The molecular formula is C50H61BrN8O10S2. The summed E-state index contributed by atoms with van der Waals surface area (Å²) in [6.07, 6.45) is 3.81. The molecule has 18 nitrogen and oxygen atoms in total. The van der Waals surface area contributed by atoms with Crippen LogP contribution in [-0.4, -0.2) is 153 Å². The van der Waals surface area contributed by atoms with Crippen LogP contribution in [0.15, 0.2) is 81.1 Å². The van der Waals surface area contributed by atoms with E-state index in [9.17, 15) is 24.0 Å². The van der Waals surface area contributed by atoms with Crippen molar-refractivity contribution in [2.45, 2.75) is 74.0 Å². The van der Waals surface area contributed by atoms with Gasteiger partial charge in [0.15, 0.2) is 11.0 Å². The number of fused-ring (bicyclic) bond motifs is 4. The number of alkyl carbamates (subject to hydrolysis) is 1. The Kier molecular flexibility index (Phi) is 18.7. The minimum absolute atomic E-state index is 0.0120. The van der Waals surface area contributed by atoms with Gasteiger partial charge in [0, 0.05) is 88.2 Å². The molecule has 3 saturated heterocycles. The first-order chi connectivity index (χ1) is 34.5. The third-order valence-electron chi connectivity index (χ3n) is 13.1. The van der Waals surface area contributed by atoms with Gasteiger partial charge >= 0.3 is 18.2 Å². The Bertz CT molecular complexity index is 2410. The predicted molar refractivity (Wildman–Crippen MR) is 273 cm³/mol. The molecule has 5 aliphatic rings. The predicted octanol–water partition coefficient (Wildman–Crippen LogP) is 6.32. The zero-order chi connectivity index (χ0) is 49.6. The summed E-state index contributed by atoms with van der Waals surface area (Å²) in [5.74, 6) is 1.64. The van der Waals surface area contributed by atoms with Gasteiger partial charge in [0.25, 0.3) is 0 Å². The van der Waals surface area contributed by atoms with Crippen molar-refractivity contribution >= 4 is 80.4 Å². The highest BCUT2D eigenvalue weighted by molar-refractivity contribution is 9.10. The van der Waals surface area contributed by atoms with Crippen molar-refractivity contribution in [3.05, 3.63) is 99.0 Å². The average Bonchev–Trinajstić information content (AvgIpc) is 3.94. The van der Waals surface area contributed by atoms with Crippen molar-refractivity contribution in [1.82, 2.24) is 31.1 Å². The summed E-state index contributed by atoms with van der Waals surface area (Å²) in [6, 6.07) is 20.3. The highest BCUT2D eigenvalue weighted by Gasteiger charge is 2.44. The lowest BCUT2D eigenvalue weighted by molar-refractivity contribution is -0.121. The Labute approximate surface area is 430 Å². The maximum Gasteiger partial charge on any atom is 0.410 e. The second-order valence-corrected chi connectivity index (χ2v) is 21.3.